The molecule has 6 nitrogen and oxygen atoms in total. The first-order valence-electron chi connectivity index (χ1n) is 5.82. The minimum absolute atomic E-state index is 0.0631. The van der Waals surface area contributed by atoms with E-state index in [2.05, 4.69) is 0 Å². The second-order valence-electron chi connectivity index (χ2n) is 4.14. The first-order valence-corrected chi connectivity index (χ1v) is 7.43. The number of hydrogen-bond acceptors (Lipinski definition) is 4. The molecule has 7 heteroatoms. The Morgan fingerprint density at radius 1 is 1.53 bits per heavy atom. The number of piperidine rings is 1. The van der Waals surface area contributed by atoms with Crippen LogP contribution in [0.15, 0.2) is 0 Å². The Balaban J connectivity index is 2.46. The van der Waals surface area contributed by atoms with Crippen molar-refractivity contribution in [3.8, 4) is 0 Å². The quantitative estimate of drug-likeness (QED) is 0.690. The zero-order valence-electron chi connectivity index (χ0n) is 10.1. The molecule has 1 rings (SSSR count). The molecule has 17 heavy (non-hydrogen) atoms. The van der Waals surface area contributed by atoms with Crippen LogP contribution in [-0.4, -0.2) is 50.8 Å². The van der Waals surface area contributed by atoms with Crippen molar-refractivity contribution in [2.75, 3.05) is 26.3 Å². The SMILES string of the molecule is CCOCCC(=O)N1CCCC(S(N)(=O)=O)C1. The zero-order chi connectivity index (χ0) is 12.9. The Kier molecular flexibility index (Phi) is 5.35. The molecule has 1 aliphatic heterocycles. The molecule has 1 unspecified atom stereocenters. The normalized spacial score (nSPS) is 21.5. The summed E-state index contributed by atoms with van der Waals surface area (Å²) >= 11 is 0. The van der Waals surface area contributed by atoms with E-state index in [0.717, 1.165) is 0 Å². The van der Waals surface area contributed by atoms with Crippen LogP contribution in [0, 0.1) is 0 Å². The van der Waals surface area contributed by atoms with Gasteiger partial charge in [0, 0.05) is 19.7 Å². The van der Waals surface area contributed by atoms with Gasteiger partial charge in [-0.05, 0) is 19.8 Å². The molecule has 0 saturated carbocycles. The van der Waals surface area contributed by atoms with Gasteiger partial charge in [-0.1, -0.05) is 0 Å². The Labute approximate surface area is 102 Å². The van der Waals surface area contributed by atoms with Crippen molar-refractivity contribution in [2.24, 2.45) is 5.14 Å². The first kappa shape index (κ1) is 14.4. The van der Waals surface area contributed by atoms with Crippen LogP contribution in [0.4, 0.5) is 0 Å². The van der Waals surface area contributed by atoms with Crippen LogP contribution in [-0.2, 0) is 19.6 Å². The van der Waals surface area contributed by atoms with Gasteiger partial charge < -0.3 is 9.64 Å². The molecule has 0 spiro atoms. The molecule has 1 heterocycles. The Morgan fingerprint density at radius 3 is 2.82 bits per heavy atom. The minimum Gasteiger partial charge on any atom is -0.381 e. The number of carbonyl (C=O) groups is 1. The number of likely N-dealkylation sites (tertiary alicyclic amines) is 1. The van der Waals surface area contributed by atoms with Crippen molar-refractivity contribution < 1.29 is 17.9 Å². The molecule has 1 fully saturated rings. The number of amides is 1. The van der Waals surface area contributed by atoms with E-state index in [4.69, 9.17) is 9.88 Å². The first-order chi connectivity index (χ1) is 7.95. The van der Waals surface area contributed by atoms with Crippen molar-refractivity contribution in [2.45, 2.75) is 31.4 Å². The summed E-state index contributed by atoms with van der Waals surface area (Å²) < 4.78 is 27.6. The van der Waals surface area contributed by atoms with Crippen LogP contribution >= 0.6 is 0 Å². The molecule has 0 aromatic rings. The molecule has 1 atom stereocenters. The maximum Gasteiger partial charge on any atom is 0.224 e. The van der Waals surface area contributed by atoms with E-state index in [1.54, 1.807) is 4.90 Å². The fraction of sp³-hybridized carbons (Fsp3) is 0.900. The van der Waals surface area contributed by atoms with Gasteiger partial charge in [-0.25, -0.2) is 13.6 Å². The summed E-state index contributed by atoms with van der Waals surface area (Å²) in [5.41, 5.74) is 0. The average molecular weight is 264 g/mol. The molecule has 0 radical (unpaired) electrons. The van der Waals surface area contributed by atoms with E-state index in [-0.39, 0.29) is 12.5 Å². The second kappa shape index (κ2) is 6.32. The number of sulfonamides is 1. The van der Waals surface area contributed by atoms with Gasteiger partial charge in [0.1, 0.15) is 0 Å². The summed E-state index contributed by atoms with van der Waals surface area (Å²) in [4.78, 5) is 13.3. The minimum atomic E-state index is -3.54. The van der Waals surface area contributed by atoms with Gasteiger partial charge >= 0.3 is 0 Å². The van der Waals surface area contributed by atoms with Crippen LogP contribution in [0.3, 0.4) is 0 Å². The summed E-state index contributed by atoms with van der Waals surface area (Å²) in [6, 6.07) is 0. The molecule has 1 amide bonds. The Hall–Kier alpha value is -0.660. The van der Waals surface area contributed by atoms with Crippen LogP contribution < -0.4 is 5.14 Å². The summed E-state index contributed by atoms with van der Waals surface area (Å²) in [6.07, 6.45) is 1.51. The monoisotopic (exact) mass is 264 g/mol. The standard InChI is InChI=1S/C10H20N2O4S/c1-2-16-7-5-10(13)12-6-3-4-9(8-12)17(11,14)15/h9H,2-8H2,1H3,(H2,11,14,15). The number of hydrogen-bond donors (Lipinski definition) is 1. The zero-order valence-corrected chi connectivity index (χ0v) is 10.9. The van der Waals surface area contributed by atoms with Crippen LogP contribution in [0.2, 0.25) is 0 Å². The van der Waals surface area contributed by atoms with Gasteiger partial charge in [0.2, 0.25) is 15.9 Å². The molecule has 0 aromatic carbocycles. The van der Waals surface area contributed by atoms with Crippen molar-refractivity contribution in [3.05, 3.63) is 0 Å². The maximum absolute atomic E-state index is 11.8. The summed E-state index contributed by atoms with van der Waals surface area (Å²) in [5, 5.41) is 4.49. The number of ether oxygens (including phenoxy) is 1. The second-order valence-corrected chi connectivity index (χ2v) is 5.98. The maximum atomic E-state index is 11.8. The molecule has 0 bridgehead atoms. The highest BCUT2D eigenvalue weighted by Gasteiger charge is 2.30. The molecule has 100 valence electrons. The number of primary sulfonamides is 1. The van der Waals surface area contributed by atoms with Gasteiger partial charge in [-0.15, -0.1) is 0 Å². The van der Waals surface area contributed by atoms with Crippen molar-refractivity contribution in [1.29, 1.82) is 0 Å². The Bertz CT molecular complexity index is 355. The van der Waals surface area contributed by atoms with Crippen molar-refractivity contribution in [3.63, 3.8) is 0 Å². The predicted molar refractivity (Wildman–Crippen MR) is 63.8 cm³/mol. The lowest BCUT2D eigenvalue weighted by Gasteiger charge is -2.31. The highest BCUT2D eigenvalue weighted by molar-refractivity contribution is 7.89. The fourth-order valence-electron chi connectivity index (χ4n) is 1.89. The molecule has 1 aliphatic rings. The topological polar surface area (TPSA) is 89.7 Å². The summed E-state index contributed by atoms with van der Waals surface area (Å²) in [7, 11) is -3.54. The van der Waals surface area contributed by atoms with Crippen LogP contribution in [0.25, 0.3) is 0 Å². The fourth-order valence-corrected chi connectivity index (χ4v) is 2.78. The lowest BCUT2D eigenvalue weighted by Crippen LogP contribution is -2.47. The van der Waals surface area contributed by atoms with Crippen molar-refractivity contribution in [1.82, 2.24) is 4.90 Å². The molecule has 1 saturated heterocycles. The van der Waals surface area contributed by atoms with Crippen LogP contribution in [0.1, 0.15) is 26.2 Å². The average Bonchev–Trinajstić information content (AvgIpc) is 2.28. The van der Waals surface area contributed by atoms with E-state index >= 15 is 0 Å². The van der Waals surface area contributed by atoms with Gasteiger partial charge in [-0.3, -0.25) is 4.79 Å². The van der Waals surface area contributed by atoms with Gasteiger partial charge in [0.25, 0.3) is 0 Å². The Morgan fingerprint density at radius 2 is 2.24 bits per heavy atom. The van der Waals surface area contributed by atoms with Gasteiger partial charge in [-0.2, -0.15) is 0 Å². The van der Waals surface area contributed by atoms with E-state index in [9.17, 15) is 13.2 Å². The number of nitrogens with zero attached hydrogens (tertiary/aromatic N) is 1. The van der Waals surface area contributed by atoms with Gasteiger partial charge in [0.15, 0.2) is 0 Å². The number of carbonyl (C=O) groups excluding carboxylic acids is 1. The largest absolute Gasteiger partial charge is 0.381 e. The third-order valence-electron chi connectivity index (χ3n) is 2.86. The van der Waals surface area contributed by atoms with E-state index < -0.39 is 15.3 Å². The highest BCUT2D eigenvalue weighted by atomic mass is 32.2. The molecular weight excluding hydrogens is 244 g/mol. The third kappa shape index (κ3) is 4.61. The predicted octanol–water partition coefficient (Wildman–Crippen LogP) is -0.307. The lowest BCUT2D eigenvalue weighted by atomic mass is 10.1. The lowest BCUT2D eigenvalue weighted by molar-refractivity contribution is -0.133. The number of rotatable bonds is 5. The molecule has 0 aromatic heterocycles. The highest BCUT2D eigenvalue weighted by Crippen LogP contribution is 2.15. The summed E-state index contributed by atoms with van der Waals surface area (Å²) in [5.74, 6) is -0.0631. The van der Waals surface area contributed by atoms with E-state index in [0.29, 0.717) is 39.0 Å². The summed E-state index contributed by atoms with van der Waals surface area (Å²) in [6.45, 7) is 3.64. The number of nitrogens with two attached hydrogens (primary N) is 1. The smallest absolute Gasteiger partial charge is 0.224 e. The third-order valence-corrected chi connectivity index (χ3v) is 4.17. The van der Waals surface area contributed by atoms with Gasteiger partial charge in [0.05, 0.1) is 18.3 Å². The van der Waals surface area contributed by atoms with Crippen LogP contribution in [0.5, 0.6) is 0 Å². The molecular formula is C10H20N2O4S. The molecule has 2 N–H and O–H groups in total. The van der Waals surface area contributed by atoms with E-state index in [1.165, 1.54) is 0 Å². The molecule has 0 aliphatic carbocycles. The van der Waals surface area contributed by atoms with Crippen molar-refractivity contribution >= 4 is 15.9 Å². The van der Waals surface area contributed by atoms with E-state index in [1.807, 2.05) is 6.92 Å².